The first-order valence-corrected chi connectivity index (χ1v) is 4.97. The van der Waals surface area contributed by atoms with E-state index in [0.717, 1.165) is 24.8 Å². The molecule has 0 aliphatic carbocycles. The average molecular weight is 215 g/mol. The van der Waals surface area contributed by atoms with Crippen LogP contribution in [0, 0.1) is 0 Å². The van der Waals surface area contributed by atoms with Gasteiger partial charge in [0.25, 0.3) is 0 Å². The first-order chi connectivity index (χ1) is 7.24. The van der Waals surface area contributed by atoms with Gasteiger partial charge in [-0.05, 0) is 37.4 Å². The molecular formula is C11H15F2NO. The van der Waals surface area contributed by atoms with Gasteiger partial charge in [0, 0.05) is 0 Å². The largest absolute Gasteiger partial charge is 0.435 e. The lowest BCUT2D eigenvalue weighted by molar-refractivity contribution is -0.0504. The number of rotatable bonds is 6. The average Bonchev–Trinajstić information content (AvgIpc) is 2.20. The monoisotopic (exact) mass is 215 g/mol. The van der Waals surface area contributed by atoms with Crippen molar-refractivity contribution in [1.29, 1.82) is 0 Å². The van der Waals surface area contributed by atoms with E-state index in [1.165, 1.54) is 0 Å². The lowest BCUT2D eigenvalue weighted by atomic mass is 10.1. The molecule has 1 aromatic rings. The molecule has 0 aromatic heterocycles. The van der Waals surface area contributed by atoms with E-state index in [1.807, 2.05) is 6.07 Å². The zero-order chi connectivity index (χ0) is 11.1. The first-order valence-electron chi connectivity index (χ1n) is 4.97. The van der Waals surface area contributed by atoms with Gasteiger partial charge in [-0.2, -0.15) is 8.78 Å². The van der Waals surface area contributed by atoms with Gasteiger partial charge in [-0.15, -0.1) is 0 Å². The quantitative estimate of drug-likeness (QED) is 0.740. The van der Waals surface area contributed by atoms with Crippen LogP contribution in [0.25, 0.3) is 0 Å². The third kappa shape index (κ3) is 4.25. The number of aryl methyl sites for hydroxylation is 1. The normalized spacial score (nSPS) is 10.7. The third-order valence-corrected chi connectivity index (χ3v) is 2.09. The lowest BCUT2D eigenvalue weighted by Gasteiger charge is -2.09. The van der Waals surface area contributed by atoms with E-state index in [9.17, 15) is 8.78 Å². The maximum absolute atomic E-state index is 12.0. The number of nitrogens with two attached hydrogens (primary N) is 1. The number of halogens is 2. The number of benzene rings is 1. The summed E-state index contributed by atoms with van der Waals surface area (Å²) in [6.07, 6.45) is 2.50. The van der Waals surface area contributed by atoms with E-state index in [2.05, 4.69) is 4.74 Å². The molecular weight excluding hydrogens is 200 g/mol. The van der Waals surface area contributed by atoms with Gasteiger partial charge in [0.05, 0.1) is 0 Å². The number of unbranched alkanes of at least 4 members (excludes halogenated alkanes) is 1. The molecule has 0 atom stereocenters. The summed E-state index contributed by atoms with van der Waals surface area (Å²) in [5, 5.41) is 0. The van der Waals surface area contributed by atoms with Gasteiger partial charge in [-0.1, -0.05) is 18.2 Å². The summed E-state index contributed by atoms with van der Waals surface area (Å²) >= 11 is 0. The van der Waals surface area contributed by atoms with E-state index in [0.29, 0.717) is 6.54 Å². The zero-order valence-corrected chi connectivity index (χ0v) is 8.46. The molecule has 2 nitrogen and oxygen atoms in total. The van der Waals surface area contributed by atoms with Crippen molar-refractivity contribution >= 4 is 0 Å². The SMILES string of the molecule is NCCCCc1ccccc1OC(F)F. The predicted octanol–water partition coefficient (Wildman–Crippen LogP) is 2.57. The highest BCUT2D eigenvalue weighted by Gasteiger charge is 2.08. The molecule has 4 heteroatoms. The van der Waals surface area contributed by atoms with Gasteiger partial charge in [0.15, 0.2) is 0 Å². The second-order valence-corrected chi connectivity index (χ2v) is 3.23. The Kier molecular flexibility index (Phi) is 5.04. The van der Waals surface area contributed by atoms with Gasteiger partial charge in [0.2, 0.25) is 0 Å². The van der Waals surface area contributed by atoms with Crippen molar-refractivity contribution in [2.75, 3.05) is 6.54 Å². The molecule has 0 bridgehead atoms. The molecule has 0 aliphatic rings. The molecule has 0 unspecified atom stereocenters. The van der Waals surface area contributed by atoms with Crippen LogP contribution in [0.2, 0.25) is 0 Å². The molecule has 0 aliphatic heterocycles. The second kappa shape index (κ2) is 6.35. The van der Waals surface area contributed by atoms with Gasteiger partial charge in [-0.3, -0.25) is 0 Å². The Morgan fingerprint density at radius 1 is 1.20 bits per heavy atom. The Bertz CT molecular complexity index is 292. The molecule has 0 heterocycles. The van der Waals surface area contributed by atoms with Crippen molar-refractivity contribution in [1.82, 2.24) is 0 Å². The van der Waals surface area contributed by atoms with Crippen LogP contribution in [0.1, 0.15) is 18.4 Å². The van der Waals surface area contributed by atoms with E-state index < -0.39 is 6.61 Å². The van der Waals surface area contributed by atoms with Crippen molar-refractivity contribution in [3.63, 3.8) is 0 Å². The Morgan fingerprint density at radius 3 is 2.60 bits per heavy atom. The third-order valence-electron chi connectivity index (χ3n) is 2.09. The van der Waals surface area contributed by atoms with Crippen LogP contribution in [-0.4, -0.2) is 13.2 Å². The van der Waals surface area contributed by atoms with Crippen LogP contribution >= 0.6 is 0 Å². The molecule has 0 spiro atoms. The predicted molar refractivity (Wildman–Crippen MR) is 55.1 cm³/mol. The fourth-order valence-electron chi connectivity index (χ4n) is 1.38. The van der Waals surface area contributed by atoms with Crippen LogP contribution in [0.3, 0.4) is 0 Å². The number of alkyl halides is 2. The Morgan fingerprint density at radius 2 is 1.93 bits per heavy atom. The minimum Gasteiger partial charge on any atom is -0.435 e. The molecule has 0 amide bonds. The van der Waals surface area contributed by atoms with Crippen molar-refractivity contribution < 1.29 is 13.5 Å². The zero-order valence-electron chi connectivity index (χ0n) is 8.46. The molecule has 84 valence electrons. The standard InChI is InChI=1S/C11H15F2NO/c12-11(13)15-10-7-2-1-5-9(10)6-3-4-8-14/h1-2,5,7,11H,3-4,6,8,14H2. The summed E-state index contributed by atoms with van der Waals surface area (Å²) in [6, 6.07) is 6.86. The highest BCUT2D eigenvalue weighted by atomic mass is 19.3. The van der Waals surface area contributed by atoms with Crippen molar-refractivity contribution in [3.05, 3.63) is 29.8 Å². The Balaban J connectivity index is 2.60. The molecule has 0 radical (unpaired) electrons. The van der Waals surface area contributed by atoms with Crippen LogP contribution in [0.5, 0.6) is 5.75 Å². The van der Waals surface area contributed by atoms with E-state index in [4.69, 9.17) is 5.73 Å². The Labute approximate surface area is 88.0 Å². The highest BCUT2D eigenvalue weighted by Crippen LogP contribution is 2.21. The van der Waals surface area contributed by atoms with E-state index >= 15 is 0 Å². The van der Waals surface area contributed by atoms with Crippen LogP contribution in [-0.2, 0) is 6.42 Å². The van der Waals surface area contributed by atoms with E-state index in [-0.39, 0.29) is 5.75 Å². The van der Waals surface area contributed by atoms with Crippen molar-refractivity contribution in [3.8, 4) is 5.75 Å². The Hall–Kier alpha value is -1.16. The van der Waals surface area contributed by atoms with Gasteiger partial charge < -0.3 is 10.5 Å². The summed E-state index contributed by atoms with van der Waals surface area (Å²) < 4.78 is 28.5. The molecule has 1 rings (SSSR count). The summed E-state index contributed by atoms with van der Waals surface area (Å²) in [7, 11) is 0. The summed E-state index contributed by atoms with van der Waals surface area (Å²) in [4.78, 5) is 0. The summed E-state index contributed by atoms with van der Waals surface area (Å²) in [5.74, 6) is 0.268. The van der Waals surface area contributed by atoms with Gasteiger partial charge in [-0.25, -0.2) is 0 Å². The minimum absolute atomic E-state index is 0.268. The molecule has 0 fully saturated rings. The van der Waals surface area contributed by atoms with Crippen LogP contribution in [0.4, 0.5) is 8.78 Å². The topological polar surface area (TPSA) is 35.2 Å². The number of ether oxygens (including phenoxy) is 1. The minimum atomic E-state index is -2.76. The first kappa shape index (κ1) is 11.9. The van der Waals surface area contributed by atoms with Crippen molar-refractivity contribution in [2.24, 2.45) is 5.73 Å². The smallest absolute Gasteiger partial charge is 0.387 e. The van der Waals surface area contributed by atoms with Crippen LogP contribution < -0.4 is 10.5 Å². The molecule has 1 aromatic carbocycles. The molecule has 0 saturated heterocycles. The lowest BCUT2D eigenvalue weighted by Crippen LogP contribution is -2.05. The van der Waals surface area contributed by atoms with Gasteiger partial charge >= 0.3 is 6.61 Å². The maximum atomic E-state index is 12.0. The molecule has 15 heavy (non-hydrogen) atoms. The fourth-order valence-corrected chi connectivity index (χ4v) is 1.38. The number of hydrogen-bond donors (Lipinski definition) is 1. The molecule has 2 N–H and O–H groups in total. The van der Waals surface area contributed by atoms with Crippen LogP contribution in [0.15, 0.2) is 24.3 Å². The molecule has 0 saturated carbocycles. The summed E-state index contributed by atoms with van der Waals surface area (Å²) in [6.45, 7) is -2.14. The highest BCUT2D eigenvalue weighted by molar-refractivity contribution is 5.33. The van der Waals surface area contributed by atoms with E-state index in [1.54, 1.807) is 18.2 Å². The van der Waals surface area contributed by atoms with Gasteiger partial charge in [0.1, 0.15) is 5.75 Å². The second-order valence-electron chi connectivity index (χ2n) is 3.23. The fraction of sp³-hybridized carbons (Fsp3) is 0.455. The number of para-hydroxylation sites is 1. The summed E-state index contributed by atoms with van der Waals surface area (Å²) in [5.41, 5.74) is 6.17. The van der Waals surface area contributed by atoms with Crippen molar-refractivity contribution in [2.45, 2.75) is 25.9 Å². The number of hydrogen-bond acceptors (Lipinski definition) is 2. The maximum Gasteiger partial charge on any atom is 0.387 e.